The van der Waals surface area contributed by atoms with Gasteiger partial charge in [0.1, 0.15) is 0 Å². The minimum atomic E-state index is -5.20. The summed E-state index contributed by atoms with van der Waals surface area (Å²) < 4.78 is 54.4. The van der Waals surface area contributed by atoms with Crippen LogP contribution in [0.4, 0.5) is 19.1 Å². The van der Waals surface area contributed by atoms with Gasteiger partial charge in [0.05, 0.1) is 19.7 Å². The Labute approximate surface area is 242 Å². The Balaban J connectivity index is 1.59. The number of hydrogen-bond donors (Lipinski definition) is 1. The van der Waals surface area contributed by atoms with Crippen molar-refractivity contribution >= 4 is 34.7 Å². The fourth-order valence-corrected chi connectivity index (χ4v) is 5.74. The fraction of sp³-hybridized carbons (Fsp3) is 0.481. The van der Waals surface area contributed by atoms with Gasteiger partial charge in [-0.15, -0.1) is 0 Å². The van der Waals surface area contributed by atoms with Crippen molar-refractivity contribution in [3.8, 4) is 0 Å². The smallest absolute Gasteiger partial charge is 0.434 e. The number of nitrogens with one attached hydrogen (secondary N) is 1. The Morgan fingerprint density at radius 2 is 1.93 bits per heavy atom. The number of fused-ring (bicyclic) bond motifs is 1. The predicted molar refractivity (Wildman–Crippen MR) is 146 cm³/mol. The zero-order valence-electron chi connectivity index (χ0n) is 22.6. The Morgan fingerprint density at radius 3 is 2.62 bits per heavy atom. The maximum atomic E-state index is 14.0. The highest BCUT2D eigenvalue weighted by Crippen LogP contribution is 2.40. The van der Waals surface area contributed by atoms with Gasteiger partial charge in [-0.2, -0.15) is 18.2 Å². The maximum Gasteiger partial charge on any atom is 0.491 e. The van der Waals surface area contributed by atoms with E-state index in [-0.39, 0.29) is 49.3 Å². The second kappa shape index (κ2) is 10.9. The van der Waals surface area contributed by atoms with Crippen LogP contribution in [-0.2, 0) is 27.4 Å². The van der Waals surface area contributed by atoms with Crippen LogP contribution in [0.5, 0.6) is 0 Å². The molecule has 1 aliphatic carbocycles. The number of carbonyl (C=O) groups excluding carboxylic acids is 1. The Morgan fingerprint density at radius 1 is 1.17 bits per heavy atom. The van der Waals surface area contributed by atoms with Crippen LogP contribution >= 0.6 is 11.6 Å². The summed E-state index contributed by atoms with van der Waals surface area (Å²) in [5.41, 5.74) is 1.04. The number of esters is 1. The summed E-state index contributed by atoms with van der Waals surface area (Å²) in [4.78, 5) is 45.8. The molecule has 0 spiro atoms. The van der Waals surface area contributed by atoms with E-state index in [1.54, 1.807) is 35.8 Å². The van der Waals surface area contributed by atoms with Gasteiger partial charge in [0.15, 0.2) is 17.4 Å². The van der Waals surface area contributed by atoms with Crippen molar-refractivity contribution in [2.45, 2.75) is 57.7 Å². The molecule has 11 nitrogen and oxygen atoms in total. The summed E-state index contributed by atoms with van der Waals surface area (Å²) >= 11 is 6.50. The van der Waals surface area contributed by atoms with E-state index >= 15 is 0 Å². The zero-order valence-corrected chi connectivity index (χ0v) is 23.4. The molecule has 0 saturated heterocycles. The number of carbonyl (C=O) groups is 1. The van der Waals surface area contributed by atoms with Crippen molar-refractivity contribution in [1.82, 2.24) is 24.0 Å². The molecule has 1 atom stereocenters. The predicted octanol–water partition coefficient (Wildman–Crippen LogP) is 2.93. The van der Waals surface area contributed by atoms with Crippen molar-refractivity contribution in [2.24, 2.45) is 0 Å². The van der Waals surface area contributed by atoms with E-state index in [1.165, 1.54) is 9.47 Å². The van der Waals surface area contributed by atoms with E-state index in [9.17, 15) is 27.6 Å². The van der Waals surface area contributed by atoms with E-state index in [4.69, 9.17) is 26.1 Å². The quantitative estimate of drug-likeness (QED) is 0.292. The molecule has 2 aliphatic heterocycles. The molecule has 15 heteroatoms. The summed E-state index contributed by atoms with van der Waals surface area (Å²) in [6.45, 7) is 3.06. The highest BCUT2D eigenvalue weighted by Gasteiger charge is 2.47. The van der Waals surface area contributed by atoms with Crippen molar-refractivity contribution in [2.75, 3.05) is 31.2 Å². The number of hydrogen-bond acceptors (Lipinski definition) is 8. The number of anilines is 1. The van der Waals surface area contributed by atoms with Crippen LogP contribution in [0.3, 0.4) is 0 Å². The van der Waals surface area contributed by atoms with Crippen LogP contribution in [-0.4, -0.2) is 63.4 Å². The maximum absolute atomic E-state index is 14.0. The molecule has 0 amide bonds. The highest BCUT2D eigenvalue weighted by atomic mass is 35.5. The normalized spacial score (nSPS) is 18.8. The number of imidazole rings is 1. The Hall–Kier alpha value is -3.62. The number of alkyl halides is 3. The van der Waals surface area contributed by atoms with Gasteiger partial charge in [-0.3, -0.25) is 23.4 Å². The molecule has 1 fully saturated rings. The Kier molecular flexibility index (Phi) is 7.39. The molecular formula is C27H28ClF3N6O5. The fourth-order valence-electron chi connectivity index (χ4n) is 5.55. The lowest BCUT2D eigenvalue weighted by Crippen LogP contribution is -2.42. The SMILES string of the molecule is CCOCCn1c(=O)c2c(nc(N3C4=C(CNC4)CC3OC(=O)C(F)(F)F)n2Cc2ccccc2Cl)n(C2CC2)c1=O. The first-order chi connectivity index (χ1) is 20.1. The van der Waals surface area contributed by atoms with Crippen molar-refractivity contribution < 1.29 is 27.4 Å². The number of rotatable bonds is 9. The monoisotopic (exact) mass is 608 g/mol. The lowest BCUT2D eigenvalue weighted by atomic mass is 10.2. The van der Waals surface area contributed by atoms with Crippen molar-refractivity contribution in [3.05, 3.63) is 67.0 Å². The van der Waals surface area contributed by atoms with Gasteiger partial charge < -0.3 is 14.8 Å². The van der Waals surface area contributed by atoms with E-state index in [2.05, 4.69) is 5.32 Å². The average Bonchev–Trinajstić information content (AvgIpc) is 3.41. The zero-order chi connectivity index (χ0) is 29.8. The van der Waals surface area contributed by atoms with Crippen molar-refractivity contribution in [3.63, 3.8) is 0 Å². The average molecular weight is 609 g/mol. The van der Waals surface area contributed by atoms with E-state index in [1.807, 2.05) is 0 Å². The first-order valence-corrected chi connectivity index (χ1v) is 14.0. The van der Waals surface area contributed by atoms with Gasteiger partial charge in [0, 0.05) is 42.9 Å². The molecule has 224 valence electrons. The summed E-state index contributed by atoms with van der Waals surface area (Å²) in [6, 6.07) is 6.78. The highest BCUT2D eigenvalue weighted by molar-refractivity contribution is 6.31. The van der Waals surface area contributed by atoms with E-state index in [0.717, 1.165) is 10.1 Å². The minimum Gasteiger partial charge on any atom is -0.434 e. The molecular weight excluding hydrogens is 581 g/mol. The second-order valence-electron chi connectivity index (χ2n) is 10.4. The molecule has 42 heavy (non-hydrogen) atoms. The molecule has 1 aromatic carbocycles. The lowest BCUT2D eigenvalue weighted by molar-refractivity contribution is -0.204. The molecule has 6 rings (SSSR count). The molecule has 2 aromatic heterocycles. The molecule has 4 heterocycles. The first-order valence-electron chi connectivity index (χ1n) is 13.7. The van der Waals surface area contributed by atoms with Gasteiger partial charge in [0.2, 0.25) is 5.95 Å². The first kappa shape index (κ1) is 28.5. The van der Waals surface area contributed by atoms with E-state index in [0.29, 0.717) is 48.8 Å². The molecule has 3 aromatic rings. The van der Waals surface area contributed by atoms with Crippen molar-refractivity contribution in [1.29, 1.82) is 0 Å². The summed E-state index contributed by atoms with van der Waals surface area (Å²) in [6.07, 6.45) is -5.11. The summed E-state index contributed by atoms with van der Waals surface area (Å²) in [7, 11) is 0. The second-order valence-corrected chi connectivity index (χ2v) is 10.8. The molecule has 0 bridgehead atoms. The van der Waals surface area contributed by atoms with Gasteiger partial charge in [-0.05, 0) is 37.0 Å². The van der Waals surface area contributed by atoms with Gasteiger partial charge in [0.25, 0.3) is 5.56 Å². The number of aromatic nitrogens is 4. The Bertz CT molecular complexity index is 1710. The largest absolute Gasteiger partial charge is 0.491 e. The molecule has 0 radical (unpaired) electrons. The molecule has 1 unspecified atom stereocenters. The van der Waals surface area contributed by atoms with Crippen LogP contribution in [0, 0.1) is 0 Å². The third kappa shape index (κ3) is 5.01. The standard InChI is InChI=1S/C27H28ClF3N6O5/c1-2-41-10-9-34-23(38)21-22(36(26(34)40)17-7-8-17)33-25(35(21)14-15-5-3-4-6-18(15)28)37-19-13-32-12-16(19)11-20(37)42-24(39)27(29,30)31/h3-6,17,20,32H,2,7-14H2,1H3. The number of halogens is 4. The third-order valence-corrected chi connectivity index (χ3v) is 8.00. The molecule has 1 N–H and O–H groups in total. The number of nitrogens with zero attached hydrogens (tertiary/aromatic N) is 5. The van der Waals surface area contributed by atoms with Crippen LogP contribution in [0.1, 0.15) is 37.8 Å². The van der Waals surface area contributed by atoms with Crippen LogP contribution < -0.4 is 21.5 Å². The van der Waals surface area contributed by atoms with Gasteiger partial charge in [-0.1, -0.05) is 29.8 Å². The van der Waals surface area contributed by atoms with Gasteiger partial charge in [-0.25, -0.2) is 9.59 Å². The number of ether oxygens (including phenoxy) is 2. The molecule has 1 saturated carbocycles. The minimum absolute atomic E-state index is 0.00945. The third-order valence-electron chi connectivity index (χ3n) is 7.63. The summed E-state index contributed by atoms with van der Waals surface area (Å²) in [5, 5.41) is 3.57. The number of benzene rings is 1. The van der Waals surface area contributed by atoms with Crippen LogP contribution in [0.2, 0.25) is 5.02 Å². The molecule has 3 aliphatic rings. The van der Waals surface area contributed by atoms with Crippen LogP contribution in [0.25, 0.3) is 11.2 Å². The summed E-state index contributed by atoms with van der Waals surface area (Å²) in [5.74, 6) is -2.25. The topological polar surface area (TPSA) is 113 Å². The van der Waals surface area contributed by atoms with Crippen LogP contribution in [0.15, 0.2) is 45.1 Å². The van der Waals surface area contributed by atoms with Gasteiger partial charge >= 0.3 is 17.8 Å². The van der Waals surface area contributed by atoms with E-state index < -0.39 is 29.6 Å². The lowest BCUT2D eigenvalue weighted by Gasteiger charge is -2.29.